The van der Waals surface area contributed by atoms with E-state index in [9.17, 15) is 4.79 Å². The Morgan fingerprint density at radius 3 is 2.67 bits per heavy atom. The van der Waals surface area contributed by atoms with Crippen LogP contribution < -0.4 is 0 Å². The van der Waals surface area contributed by atoms with Gasteiger partial charge in [0.05, 0.1) is 22.2 Å². The molecule has 2 rings (SSSR count). The van der Waals surface area contributed by atoms with Gasteiger partial charge in [-0.05, 0) is 30.4 Å². The Bertz CT molecular complexity index is 516. The standard InChI is InChI=1S/C16H19Cl3O2/c1-2-10-4-3-5-11(10)6-7-21-16(20)13-8-12(17)9-14(18)15(13)19/h8-11H,2-7H2,1H3. The minimum absolute atomic E-state index is 0.193. The number of carbonyl (C=O) groups excluding carboxylic acids is 1. The maximum Gasteiger partial charge on any atom is 0.339 e. The Morgan fingerprint density at radius 2 is 1.95 bits per heavy atom. The molecule has 2 unspecified atom stereocenters. The molecular formula is C16H19Cl3O2. The zero-order valence-corrected chi connectivity index (χ0v) is 14.3. The van der Waals surface area contributed by atoms with Crippen molar-refractivity contribution >= 4 is 40.8 Å². The average Bonchev–Trinajstić information content (AvgIpc) is 2.90. The van der Waals surface area contributed by atoms with Gasteiger partial charge in [-0.25, -0.2) is 4.79 Å². The topological polar surface area (TPSA) is 26.3 Å². The van der Waals surface area contributed by atoms with Crippen molar-refractivity contribution in [1.29, 1.82) is 0 Å². The fraction of sp³-hybridized carbons (Fsp3) is 0.562. The summed E-state index contributed by atoms with van der Waals surface area (Å²) >= 11 is 17.8. The molecule has 0 aliphatic heterocycles. The molecule has 0 aromatic heterocycles. The van der Waals surface area contributed by atoms with Crippen molar-refractivity contribution < 1.29 is 9.53 Å². The van der Waals surface area contributed by atoms with Gasteiger partial charge >= 0.3 is 5.97 Å². The van der Waals surface area contributed by atoms with E-state index in [-0.39, 0.29) is 15.6 Å². The van der Waals surface area contributed by atoms with Gasteiger partial charge in [-0.15, -0.1) is 0 Å². The monoisotopic (exact) mass is 348 g/mol. The number of ether oxygens (including phenoxy) is 1. The Balaban J connectivity index is 1.90. The van der Waals surface area contributed by atoms with Gasteiger partial charge in [-0.2, -0.15) is 0 Å². The average molecular weight is 350 g/mol. The Labute approximate surface area is 140 Å². The normalized spacial score (nSPS) is 21.5. The third-order valence-electron chi connectivity index (χ3n) is 4.28. The zero-order valence-electron chi connectivity index (χ0n) is 12.0. The first kappa shape index (κ1) is 16.9. The molecule has 0 N–H and O–H groups in total. The summed E-state index contributed by atoms with van der Waals surface area (Å²) in [6, 6.07) is 3.00. The molecule has 1 aliphatic carbocycles. The van der Waals surface area contributed by atoms with E-state index in [2.05, 4.69) is 6.92 Å². The summed E-state index contributed by atoms with van der Waals surface area (Å²) in [6.07, 6.45) is 5.93. The van der Waals surface area contributed by atoms with Crippen molar-refractivity contribution in [1.82, 2.24) is 0 Å². The third kappa shape index (κ3) is 4.28. The first-order valence-electron chi connectivity index (χ1n) is 7.34. The van der Waals surface area contributed by atoms with Crippen LogP contribution in [0, 0.1) is 11.8 Å². The molecule has 0 bridgehead atoms. The van der Waals surface area contributed by atoms with Gasteiger partial charge in [0.25, 0.3) is 0 Å². The first-order chi connectivity index (χ1) is 10.0. The number of hydrogen-bond acceptors (Lipinski definition) is 2. The van der Waals surface area contributed by atoms with E-state index in [1.54, 1.807) is 0 Å². The van der Waals surface area contributed by atoms with Crippen LogP contribution in [0.4, 0.5) is 0 Å². The van der Waals surface area contributed by atoms with Gasteiger partial charge in [-0.1, -0.05) is 67.4 Å². The molecule has 1 aromatic rings. The molecule has 116 valence electrons. The van der Waals surface area contributed by atoms with Crippen molar-refractivity contribution in [2.24, 2.45) is 11.8 Å². The predicted molar refractivity (Wildman–Crippen MR) is 87.5 cm³/mol. The van der Waals surface area contributed by atoms with Crippen LogP contribution in [0.5, 0.6) is 0 Å². The second-order valence-electron chi connectivity index (χ2n) is 5.53. The van der Waals surface area contributed by atoms with Gasteiger partial charge < -0.3 is 4.74 Å². The van der Waals surface area contributed by atoms with E-state index in [4.69, 9.17) is 39.5 Å². The van der Waals surface area contributed by atoms with Crippen molar-refractivity contribution in [3.8, 4) is 0 Å². The molecule has 0 radical (unpaired) electrons. The van der Waals surface area contributed by atoms with Gasteiger partial charge in [0.15, 0.2) is 0 Å². The summed E-state index contributed by atoms with van der Waals surface area (Å²) in [6.45, 7) is 2.64. The van der Waals surface area contributed by atoms with E-state index in [0.29, 0.717) is 17.5 Å². The number of rotatable bonds is 5. The number of carbonyl (C=O) groups is 1. The Kier molecular flexibility index (Phi) is 6.21. The largest absolute Gasteiger partial charge is 0.462 e. The molecule has 21 heavy (non-hydrogen) atoms. The highest BCUT2D eigenvalue weighted by atomic mass is 35.5. The minimum atomic E-state index is -0.463. The van der Waals surface area contributed by atoms with E-state index in [1.165, 1.54) is 37.8 Å². The van der Waals surface area contributed by atoms with Crippen LogP contribution in [0.3, 0.4) is 0 Å². The molecule has 2 nitrogen and oxygen atoms in total. The van der Waals surface area contributed by atoms with Crippen molar-refractivity contribution in [3.05, 3.63) is 32.8 Å². The summed E-state index contributed by atoms with van der Waals surface area (Å²) in [5.74, 6) is 0.976. The molecular weight excluding hydrogens is 331 g/mol. The number of esters is 1. The first-order valence-corrected chi connectivity index (χ1v) is 8.48. The van der Waals surface area contributed by atoms with Crippen LogP contribution in [0.2, 0.25) is 15.1 Å². The Hall–Kier alpha value is -0.440. The maximum absolute atomic E-state index is 12.1. The van der Waals surface area contributed by atoms with E-state index < -0.39 is 5.97 Å². The lowest BCUT2D eigenvalue weighted by Crippen LogP contribution is -2.13. The molecule has 0 amide bonds. The van der Waals surface area contributed by atoms with Gasteiger partial charge in [0.2, 0.25) is 0 Å². The van der Waals surface area contributed by atoms with E-state index >= 15 is 0 Å². The van der Waals surface area contributed by atoms with Gasteiger partial charge in [0.1, 0.15) is 0 Å². The smallest absolute Gasteiger partial charge is 0.339 e. The van der Waals surface area contributed by atoms with Crippen molar-refractivity contribution in [3.63, 3.8) is 0 Å². The Morgan fingerprint density at radius 1 is 1.24 bits per heavy atom. The van der Waals surface area contributed by atoms with Crippen LogP contribution in [-0.2, 0) is 4.74 Å². The summed E-state index contributed by atoms with van der Waals surface area (Å²) < 4.78 is 5.33. The molecule has 1 saturated carbocycles. The van der Waals surface area contributed by atoms with E-state index in [1.807, 2.05) is 0 Å². The predicted octanol–water partition coefficient (Wildman–Crippen LogP) is 6.02. The lowest BCUT2D eigenvalue weighted by atomic mass is 9.91. The van der Waals surface area contributed by atoms with Crippen LogP contribution >= 0.6 is 34.8 Å². The molecule has 0 spiro atoms. The molecule has 0 saturated heterocycles. The summed E-state index contributed by atoms with van der Waals surface area (Å²) in [5, 5.41) is 0.828. The summed E-state index contributed by atoms with van der Waals surface area (Å²) in [4.78, 5) is 12.1. The lowest BCUT2D eigenvalue weighted by molar-refractivity contribution is 0.0474. The number of hydrogen-bond donors (Lipinski definition) is 0. The fourth-order valence-corrected chi connectivity index (χ4v) is 3.80. The van der Waals surface area contributed by atoms with Crippen LogP contribution in [-0.4, -0.2) is 12.6 Å². The molecule has 5 heteroatoms. The highest BCUT2D eigenvalue weighted by molar-refractivity contribution is 6.45. The van der Waals surface area contributed by atoms with Crippen LogP contribution in [0.15, 0.2) is 12.1 Å². The SMILES string of the molecule is CCC1CCCC1CCOC(=O)c1cc(Cl)cc(Cl)c1Cl. The van der Waals surface area contributed by atoms with Crippen LogP contribution in [0.25, 0.3) is 0 Å². The fourth-order valence-electron chi connectivity index (χ4n) is 3.12. The van der Waals surface area contributed by atoms with Gasteiger partial charge in [0, 0.05) is 5.02 Å². The highest BCUT2D eigenvalue weighted by Crippen LogP contribution is 2.36. The molecule has 2 atom stereocenters. The minimum Gasteiger partial charge on any atom is -0.462 e. The number of halogens is 3. The maximum atomic E-state index is 12.1. The quantitative estimate of drug-likeness (QED) is 0.480. The zero-order chi connectivity index (χ0) is 15.4. The third-order valence-corrected chi connectivity index (χ3v) is 5.30. The second kappa shape index (κ2) is 7.71. The van der Waals surface area contributed by atoms with E-state index in [0.717, 1.165) is 12.3 Å². The highest BCUT2D eigenvalue weighted by Gasteiger charge is 2.26. The molecule has 1 aliphatic rings. The molecule has 1 fully saturated rings. The summed E-state index contributed by atoms with van der Waals surface area (Å²) in [7, 11) is 0. The van der Waals surface area contributed by atoms with Crippen molar-refractivity contribution in [2.75, 3.05) is 6.61 Å². The molecule has 1 aromatic carbocycles. The second-order valence-corrected chi connectivity index (χ2v) is 6.75. The number of benzene rings is 1. The molecule has 0 heterocycles. The lowest BCUT2D eigenvalue weighted by Gasteiger charge is -2.17. The van der Waals surface area contributed by atoms with Gasteiger partial charge in [-0.3, -0.25) is 0 Å². The van der Waals surface area contributed by atoms with Crippen LogP contribution in [0.1, 0.15) is 49.4 Å². The summed E-state index contributed by atoms with van der Waals surface area (Å²) in [5.41, 5.74) is 0.229. The van der Waals surface area contributed by atoms with Crippen molar-refractivity contribution in [2.45, 2.75) is 39.0 Å².